The largest absolute Gasteiger partial charge is 0.375 e. The van der Waals surface area contributed by atoms with Gasteiger partial charge in [0, 0.05) is 31.0 Å². The van der Waals surface area contributed by atoms with Gasteiger partial charge in [-0.15, -0.1) is 0 Å². The molecule has 3 heterocycles. The number of morpholine rings is 1. The van der Waals surface area contributed by atoms with E-state index in [9.17, 15) is 0 Å². The summed E-state index contributed by atoms with van der Waals surface area (Å²) in [5, 5.41) is 0. The molecule has 5 nitrogen and oxygen atoms in total. The van der Waals surface area contributed by atoms with Crippen LogP contribution in [0, 0.1) is 0 Å². The summed E-state index contributed by atoms with van der Waals surface area (Å²) >= 11 is 0. The van der Waals surface area contributed by atoms with E-state index in [1.54, 1.807) is 12.4 Å². The van der Waals surface area contributed by atoms with Crippen LogP contribution >= 0.6 is 0 Å². The number of hydrogen-bond donors (Lipinski definition) is 0. The van der Waals surface area contributed by atoms with Crippen molar-refractivity contribution in [2.45, 2.75) is 39.0 Å². The summed E-state index contributed by atoms with van der Waals surface area (Å²) in [7, 11) is 0. The molecule has 0 radical (unpaired) electrons. The summed E-state index contributed by atoms with van der Waals surface area (Å²) in [5.41, 5.74) is 2.15. The van der Waals surface area contributed by atoms with Crippen LogP contribution in [-0.2, 0) is 11.3 Å². The zero-order chi connectivity index (χ0) is 13.5. The fourth-order valence-electron chi connectivity index (χ4n) is 2.53. The second kappa shape index (κ2) is 4.58. The van der Waals surface area contributed by atoms with Crippen LogP contribution in [0.2, 0.25) is 0 Å². The van der Waals surface area contributed by atoms with Gasteiger partial charge in [0.25, 0.3) is 0 Å². The second-order valence-electron chi connectivity index (χ2n) is 5.87. The molecule has 3 rings (SSSR count). The maximum Gasteiger partial charge on any atom is 0.155 e. The molecule has 1 unspecified atom stereocenters. The molecule has 0 aromatic carbocycles. The van der Waals surface area contributed by atoms with Crippen molar-refractivity contribution in [1.82, 2.24) is 19.3 Å². The molecule has 1 aliphatic rings. The molecule has 102 valence electrons. The SMILES string of the molecule is CC1CN(Cc2cnc3cnccn23)C(C)(C)CO1. The van der Waals surface area contributed by atoms with Crippen molar-refractivity contribution >= 4 is 5.65 Å². The lowest BCUT2D eigenvalue weighted by Gasteiger charge is -2.44. The van der Waals surface area contributed by atoms with E-state index < -0.39 is 0 Å². The third-order valence-electron chi connectivity index (χ3n) is 3.80. The fraction of sp³-hybridized carbons (Fsp3) is 0.571. The third-order valence-corrected chi connectivity index (χ3v) is 3.80. The van der Waals surface area contributed by atoms with Crippen LogP contribution in [0.1, 0.15) is 26.5 Å². The topological polar surface area (TPSA) is 42.7 Å². The molecule has 2 aromatic heterocycles. The van der Waals surface area contributed by atoms with E-state index in [-0.39, 0.29) is 11.6 Å². The van der Waals surface area contributed by atoms with Crippen molar-refractivity contribution < 1.29 is 4.74 Å². The summed E-state index contributed by atoms with van der Waals surface area (Å²) in [4.78, 5) is 11.0. The standard InChI is InChI=1S/C14H20N4O/c1-11-8-17(14(2,3)10-19-11)9-12-6-16-13-7-15-4-5-18(12)13/h4-7,11H,8-10H2,1-3H3. The van der Waals surface area contributed by atoms with Gasteiger partial charge in [-0.05, 0) is 20.8 Å². The molecule has 1 fully saturated rings. The zero-order valence-electron chi connectivity index (χ0n) is 11.7. The summed E-state index contributed by atoms with van der Waals surface area (Å²) in [5.74, 6) is 0. The quantitative estimate of drug-likeness (QED) is 0.824. The molecular formula is C14H20N4O. The van der Waals surface area contributed by atoms with Gasteiger partial charge in [-0.25, -0.2) is 4.98 Å². The molecule has 19 heavy (non-hydrogen) atoms. The highest BCUT2D eigenvalue weighted by atomic mass is 16.5. The van der Waals surface area contributed by atoms with Crippen molar-refractivity contribution in [3.8, 4) is 0 Å². The van der Waals surface area contributed by atoms with E-state index in [0.29, 0.717) is 0 Å². The minimum atomic E-state index is 0.0592. The molecule has 0 aliphatic carbocycles. The van der Waals surface area contributed by atoms with Gasteiger partial charge in [-0.3, -0.25) is 14.3 Å². The van der Waals surface area contributed by atoms with Crippen LogP contribution in [0.25, 0.3) is 5.65 Å². The van der Waals surface area contributed by atoms with Crippen molar-refractivity contribution in [2.24, 2.45) is 0 Å². The van der Waals surface area contributed by atoms with Crippen LogP contribution in [-0.4, -0.2) is 44.1 Å². The molecule has 0 N–H and O–H groups in total. The summed E-state index contributed by atoms with van der Waals surface area (Å²) in [6, 6.07) is 0. The lowest BCUT2D eigenvalue weighted by molar-refractivity contribution is -0.0954. The van der Waals surface area contributed by atoms with E-state index in [0.717, 1.165) is 25.3 Å². The molecule has 2 aromatic rings. The van der Waals surface area contributed by atoms with Crippen LogP contribution < -0.4 is 0 Å². The normalized spacial score (nSPS) is 23.8. The average molecular weight is 260 g/mol. The number of ether oxygens (including phenoxy) is 1. The van der Waals surface area contributed by atoms with Crippen LogP contribution in [0.5, 0.6) is 0 Å². The fourth-order valence-corrected chi connectivity index (χ4v) is 2.53. The minimum absolute atomic E-state index is 0.0592. The highest BCUT2D eigenvalue weighted by Gasteiger charge is 2.33. The predicted molar refractivity (Wildman–Crippen MR) is 72.9 cm³/mol. The lowest BCUT2D eigenvalue weighted by Crippen LogP contribution is -2.55. The minimum Gasteiger partial charge on any atom is -0.375 e. The zero-order valence-corrected chi connectivity index (χ0v) is 11.7. The van der Waals surface area contributed by atoms with Gasteiger partial charge in [-0.2, -0.15) is 0 Å². The Morgan fingerprint density at radius 1 is 1.42 bits per heavy atom. The van der Waals surface area contributed by atoms with Crippen molar-refractivity contribution in [2.75, 3.05) is 13.2 Å². The first-order valence-electron chi connectivity index (χ1n) is 6.69. The Morgan fingerprint density at radius 2 is 2.26 bits per heavy atom. The number of hydrogen-bond acceptors (Lipinski definition) is 4. The summed E-state index contributed by atoms with van der Waals surface area (Å²) < 4.78 is 7.86. The summed E-state index contributed by atoms with van der Waals surface area (Å²) in [6.07, 6.45) is 7.78. The Labute approximate surface area is 113 Å². The molecule has 5 heteroatoms. The average Bonchev–Trinajstić information content (AvgIpc) is 2.78. The van der Waals surface area contributed by atoms with E-state index in [1.807, 2.05) is 12.4 Å². The van der Waals surface area contributed by atoms with E-state index in [2.05, 4.69) is 40.0 Å². The first kappa shape index (κ1) is 12.6. The molecule has 1 saturated heterocycles. The Morgan fingerprint density at radius 3 is 3.11 bits per heavy atom. The molecule has 0 amide bonds. The molecule has 0 spiro atoms. The van der Waals surface area contributed by atoms with Crippen LogP contribution in [0.3, 0.4) is 0 Å². The van der Waals surface area contributed by atoms with E-state index >= 15 is 0 Å². The van der Waals surface area contributed by atoms with Crippen LogP contribution in [0.15, 0.2) is 24.8 Å². The Hall–Kier alpha value is -1.46. The van der Waals surface area contributed by atoms with Crippen LogP contribution in [0.4, 0.5) is 0 Å². The first-order chi connectivity index (χ1) is 9.06. The van der Waals surface area contributed by atoms with Crippen molar-refractivity contribution in [3.63, 3.8) is 0 Å². The van der Waals surface area contributed by atoms with Crippen molar-refractivity contribution in [3.05, 3.63) is 30.5 Å². The third kappa shape index (κ3) is 2.35. The van der Waals surface area contributed by atoms with Gasteiger partial charge < -0.3 is 4.74 Å². The highest BCUT2D eigenvalue weighted by Crippen LogP contribution is 2.24. The molecule has 0 saturated carbocycles. The number of fused-ring (bicyclic) bond motifs is 1. The smallest absolute Gasteiger partial charge is 0.155 e. The predicted octanol–water partition coefficient (Wildman–Crippen LogP) is 1.73. The van der Waals surface area contributed by atoms with Gasteiger partial charge >= 0.3 is 0 Å². The molecule has 0 bridgehead atoms. The monoisotopic (exact) mass is 260 g/mol. The maximum atomic E-state index is 5.76. The number of aromatic nitrogens is 3. The number of rotatable bonds is 2. The lowest BCUT2D eigenvalue weighted by atomic mass is 10.0. The van der Waals surface area contributed by atoms with Gasteiger partial charge in [0.05, 0.1) is 30.8 Å². The molecular weight excluding hydrogens is 240 g/mol. The maximum absolute atomic E-state index is 5.76. The van der Waals surface area contributed by atoms with Gasteiger partial charge in [0.15, 0.2) is 5.65 Å². The van der Waals surface area contributed by atoms with Gasteiger partial charge in [0.2, 0.25) is 0 Å². The Kier molecular flexibility index (Phi) is 3.03. The van der Waals surface area contributed by atoms with E-state index in [4.69, 9.17) is 4.74 Å². The number of nitrogens with zero attached hydrogens (tertiary/aromatic N) is 4. The first-order valence-corrected chi connectivity index (χ1v) is 6.69. The Balaban J connectivity index is 1.87. The summed E-state index contributed by atoms with van der Waals surface area (Å²) in [6.45, 7) is 9.18. The van der Waals surface area contributed by atoms with Gasteiger partial charge in [0.1, 0.15) is 0 Å². The highest BCUT2D eigenvalue weighted by molar-refractivity contribution is 5.36. The van der Waals surface area contributed by atoms with Gasteiger partial charge in [-0.1, -0.05) is 0 Å². The Bertz CT molecular complexity index is 578. The van der Waals surface area contributed by atoms with E-state index in [1.165, 1.54) is 5.69 Å². The number of imidazole rings is 1. The molecule has 1 atom stereocenters. The molecule has 1 aliphatic heterocycles. The second-order valence-corrected chi connectivity index (χ2v) is 5.87. The van der Waals surface area contributed by atoms with Crippen molar-refractivity contribution in [1.29, 1.82) is 0 Å².